The molecule has 0 aliphatic carbocycles. The van der Waals surface area contributed by atoms with Crippen molar-refractivity contribution in [2.75, 3.05) is 30.3 Å². The predicted octanol–water partition coefficient (Wildman–Crippen LogP) is 7.14. The zero-order valence-electron chi connectivity index (χ0n) is 19.2. The van der Waals surface area contributed by atoms with Gasteiger partial charge in [0.1, 0.15) is 18.1 Å². The van der Waals surface area contributed by atoms with Crippen LogP contribution in [-0.4, -0.2) is 19.7 Å². The maximum atomic E-state index is 6.01. The number of rotatable bonds is 15. The summed E-state index contributed by atoms with van der Waals surface area (Å²) in [6, 6.07) is 26.5. The summed E-state index contributed by atoms with van der Waals surface area (Å²) < 4.78 is 11.9. The number of benzene rings is 3. The highest BCUT2D eigenvalue weighted by atomic mass is 16.5. The minimum absolute atomic E-state index is 0.560. The van der Waals surface area contributed by atoms with E-state index in [4.69, 9.17) is 9.47 Å². The molecule has 0 atom stereocenters. The van der Waals surface area contributed by atoms with Crippen LogP contribution in [0, 0.1) is 0 Å². The van der Waals surface area contributed by atoms with Gasteiger partial charge in [0.25, 0.3) is 0 Å². The Morgan fingerprint density at radius 1 is 0.656 bits per heavy atom. The second-order valence-corrected chi connectivity index (χ2v) is 7.91. The fraction of sp³-hybridized carbons (Fsp3) is 0.357. The summed E-state index contributed by atoms with van der Waals surface area (Å²) in [5.74, 6) is 1.81. The van der Waals surface area contributed by atoms with E-state index in [9.17, 15) is 0 Å². The van der Waals surface area contributed by atoms with Crippen LogP contribution in [0.15, 0.2) is 78.9 Å². The van der Waals surface area contributed by atoms with Gasteiger partial charge < -0.3 is 20.1 Å². The zero-order valence-corrected chi connectivity index (χ0v) is 19.2. The van der Waals surface area contributed by atoms with E-state index in [1.807, 2.05) is 48.5 Å². The first kappa shape index (κ1) is 23.5. The van der Waals surface area contributed by atoms with Gasteiger partial charge in [0.2, 0.25) is 0 Å². The minimum atomic E-state index is 0.560. The molecule has 2 N–H and O–H groups in total. The van der Waals surface area contributed by atoms with Gasteiger partial charge in [-0.05, 0) is 48.4 Å². The van der Waals surface area contributed by atoms with Gasteiger partial charge in [-0.3, -0.25) is 0 Å². The average molecular weight is 433 g/mol. The molecule has 0 spiro atoms. The smallest absolute Gasteiger partial charge is 0.142 e. The quantitative estimate of drug-likeness (QED) is 0.251. The first-order valence-electron chi connectivity index (χ1n) is 11.8. The zero-order chi connectivity index (χ0) is 22.3. The molecule has 0 aliphatic rings. The maximum Gasteiger partial charge on any atom is 0.142 e. The monoisotopic (exact) mass is 432 g/mol. The van der Waals surface area contributed by atoms with Crippen LogP contribution in [0.3, 0.4) is 0 Å². The minimum Gasteiger partial charge on any atom is -0.494 e. The van der Waals surface area contributed by atoms with E-state index in [0.29, 0.717) is 6.61 Å². The summed E-state index contributed by atoms with van der Waals surface area (Å²) >= 11 is 0. The summed E-state index contributed by atoms with van der Waals surface area (Å²) in [6.07, 6.45) is 6.28. The normalized spacial score (nSPS) is 10.5. The van der Waals surface area contributed by atoms with Crippen LogP contribution >= 0.6 is 0 Å². The van der Waals surface area contributed by atoms with Crippen molar-refractivity contribution in [1.29, 1.82) is 0 Å². The van der Waals surface area contributed by atoms with Gasteiger partial charge >= 0.3 is 0 Å². The Morgan fingerprint density at radius 2 is 1.38 bits per heavy atom. The largest absolute Gasteiger partial charge is 0.494 e. The van der Waals surface area contributed by atoms with Crippen LogP contribution in [0.2, 0.25) is 0 Å². The number of ether oxygens (including phenoxy) is 2. The fourth-order valence-electron chi connectivity index (χ4n) is 3.44. The van der Waals surface area contributed by atoms with Crippen LogP contribution in [0.1, 0.15) is 44.6 Å². The molecule has 32 heavy (non-hydrogen) atoms. The van der Waals surface area contributed by atoms with Gasteiger partial charge in [-0.1, -0.05) is 75.1 Å². The molecule has 3 aromatic carbocycles. The molecule has 0 amide bonds. The number of hydrogen-bond donors (Lipinski definition) is 2. The van der Waals surface area contributed by atoms with E-state index < -0.39 is 0 Å². The van der Waals surface area contributed by atoms with E-state index in [0.717, 1.165) is 54.6 Å². The van der Waals surface area contributed by atoms with Crippen molar-refractivity contribution in [3.8, 4) is 11.5 Å². The van der Waals surface area contributed by atoms with Gasteiger partial charge in [0, 0.05) is 18.8 Å². The lowest BCUT2D eigenvalue weighted by molar-refractivity contribution is 0.304. The Balaban J connectivity index is 1.35. The molecule has 0 radical (unpaired) electrons. The summed E-state index contributed by atoms with van der Waals surface area (Å²) in [7, 11) is 0. The second kappa shape index (κ2) is 14.0. The Morgan fingerprint density at radius 3 is 2.19 bits per heavy atom. The molecule has 0 unspecified atom stereocenters. The lowest BCUT2D eigenvalue weighted by atomic mass is 10.2. The van der Waals surface area contributed by atoms with Crippen LogP contribution in [0.4, 0.5) is 11.4 Å². The topological polar surface area (TPSA) is 42.5 Å². The van der Waals surface area contributed by atoms with Gasteiger partial charge in [0.15, 0.2) is 0 Å². The van der Waals surface area contributed by atoms with Crippen molar-refractivity contribution < 1.29 is 9.47 Å². The highest BCUT2D eigenvalue weighted by Gasteiger charge is 2.03. The Bertz CT molecular complexity index is 881. The van der Waals surface area contributed by atoms with E-state index >= 15 is 0 Å². The highest BCUT2D eigenvalue weighted by molar-refractivity contribution is 5.56. The standard InChI is InChI=1S/C28H36N2O2/c1-2-3-4-5-11-22-31-26-18-16-25(17-19-26)29-20-21-30-27-14-9-10-15-28(27)32-23-24-12-7-6-8-13-24/h6-10,12-19,29-30H,2-5,11,20-23H2,1H3. The molecular weight excluding hydrogens is 396 g/mol. The van der Waals surface area contributed by atoms with Gasteiger partial charge in [-0.25, -0.2) is 0 Å². The van der Waals surface area contributed by atoms with Gasteiger partial charge in [-0.2, -0.15) is 0 Å². The van der Waals surface area contributed by atoms with Crippen LogP contribution < -0.4 is 20.1 Å². The van der Waals surface area contributed by atoms with E-state index in [1.165, 1.54) is 25.7 Å². The van der Waals surface area contributed by atoms with E-state index in [-0.39, 0.29) is 0 Å². The Labute approximate surface area is 193 Å². The second-order valence-electron chi connectivity index (χ2n) is 7.91. The van der Waals surface area contributed by atoms with Crippen LogP contribution in [0.25, 0.3) is 0 Å². The van der Waals surface area contributed by atoms with E-state index in [1.54, 1.807) is 0 Å². The molecule has 0 aliphatic heterocycles. The van der Waals surface area contributed by atoms with Crippen molar-refractivity contribution >= 4 is 11.4 Å². The van der Waals surface area contributed by atoms with Crippen molar-refractivity contribution in [2.24, 2.45) is 0 Å². The Kier molecular flexibility index (Phi) is 10.3. The molecule has 4 nitrogen and oxygen atoms in total. The number of anilines is 2. The van der Waals surface area contributed by atoms with Crippen molar-refractivity contribution in [3.63, 3.8) is 0 Å². The number of hydrogen-bond acceptors (Lipinski definition) is 4. The molecule has 0 saturated carbocycles. The summed E-state index contributed by atoms with van der Waals surface area (Å²) in [6.45, 7) is 5.20. The molecule has 0 fully saturated rings. The number of para-hydroxylation sites is 2. The molecular formula is C28H36N2O2. The van der Waals surface area contributed by atoms with Crippen LogP contribution in [-0.2, 0) is 6.61 Å². The summed E-state index contributed by atoms with van der Waals surface area (Å²) in [4.78, 5) is 0. The molecule has 3 aromatic rings. The fourth-order valence-corrected chi connectivity index (χ4v) is 3.44. The third-order valence-electron chi connectivity index (χ3n) is 5.26. The number of unbranched alkanes of at least 4 members (excludes halogenated alkanes) is 4. The average Bonchev–Trinajstić information content (AvgIpc) is 2.85. The third-order valence-corrected chi connectivity index (χ3v) is 5.26. The Hall–Kier alpha value is -3.14. The highest BCUT2D eigenvalue weighted by Crippen LogP contribution is 2.24. The SMILES string of the molecule is CCCCCCCOc1ccc(NCCNc2ccccc2OCc2ccccc2)cc1. The molecule has 170 valence electrons. The number of nitrogens with one attached hydrogen (secondary N) is 2. The maximum absolute atomic E-state index is 6.01. The van der Waals surface area contributed by atoms with E-state index in [2.05, 4.69) is 47.9 Å². The summed E-state index contributed by atoms with van der Waals surface area (Å²) in [5.41, 5.74) is 3.26. The lowest BCUT2D eigenvalue weighted by Gasteiger charge is -2.14. The van der Waals surface area contributed by atoms with Crippen LogP contribution in [0.5, 0.6) is 11.5 Å². The molecule has 4 heteroatoms. The van der Waals surface area contributed by atoms with Gasteiger partial charge in [0.05, 0.1) is 12.3 Å². The third kappa shape index (κ3) is 8.54. The summed E-state index contributed by atoms with van der Waals surface area (Å²) in [5, 5.41) is 6.92. The first-order chi connectivity index (χ1) is 15.8. The van der Waals surface area contributed by atoms with Crippen molar-refractivity contribution in [3.05, 3.63) is 84.4 Å². The first-order valence-corrected chi connectivity index (χ1v) is 11.8. The predicted molar refractivity (Wildman–Crippen MR) is 135 cm³/mol. The van der Waals surface area contributed by atoms with Gasteiger partial charge in [-0.15, -0.1) is 0 Å². The molecule has 0 aromatic heterocycles. The van der Waals surface area contributed by atoms with Crippen molar-refractivity contribution in [2.45, 2.75) is 45.6 Å². The molecule has 0 heterocycles. The molecule has 3 rings (SSSR count). The lowest BCUT2D eigenvalue weighted by Crippen LogP contribution is -2.14. The molecule has 0 bridgehead atoms. The van der Waals surface area contributed by atoms with Crippen molar-refractivity contribution in [1.82, 2.24) is 0 Å². The molecule has 0 saturated heterocycles.